The van der Waals surface area contributed by atoms with Crippen molar-refractivity contribution in [2.75, 3.05) is 0 Å². The molecule has 1 amide bonds. The van der Waals surface area contributed by atoms with Gasteiger partial charge in [0.25, 0.3) is 0 Å². The maximum absolute atomic E-state index is 11.5. The fraction of sp³-hybridized carbons (Fsp3) is 0.118. The van der Waals surface area contributed by atoms with Gasteiger partial charge in [0.05, 0.1) is 0 Å². The van der Waals surface area contributed by atoms with E-state index < -0.39 is 0 Å². The Kier molecular flexibility index (Phi) is 4.10. The average molecular weight is 333 g/mol. The van der Waals surface area contributed by atoms with Gasteiger partial charge in [-0.3, -0.25) is 4.79 Å². The fourth-order valence-corrected chi connectivity index (χ4v) is 3.00. The highest BCUT2D eigenvalue weighted by atomic mass is 35.5. The van der Waals surface area contributed by atoms with E-state index in [1.165, 1.54) is 0 Å². The fourth-order valence-electron chi connectivity index (χ4n) is 2.71. The van der Waals surface area contributed by atoms with Crippen molar-refractivity contribution in [3.8, 4) is 0 Å². The Labute approximate surface area is 138 Å². The molecule has 0 aliphatic heterocycles. The van der Waals surface area contributed by atoms with Crippen molar-refractivity contribution >= 4 is 40.0 Å². The molecule has 1 atom stereocenters. The van der Waals surface area contributed by atoms with Crippen molar-refractivity contribution in [3.63, 3.8) is 0 Å². The Morgan fingerprint density at radius 3 is 2.45 bits per heavy atom. The summed E-state index contributed by atoms with van der Waals surface area (Å²) in [5.41, 5.74) is 8.40. The summed E-state index contributed by atoms with van der Waals surface area (Å²) in [6.45, 7) is 0. The number of hydrogen-bond acceptors (Lipinski definition) is 1. The third kappa shape index (κ3) is 2.96. The molecule has 22 heavy (non-hydrogen) atoms. The number of fused-ring (bicyclic) bond motifs is 1. The average Bonchev–Trinajstić information content (AvgIpc) is 2.88. The second-order valence-corrected chi connectivity index (χ2v) is 6.08. The summed E-state index contributed by atoms with van der Waals surface area (Å²) >= 11 is 12.0. The summed E-state index contributed by atoms with van der Waals surface area (Å²) < 4.78 is 0. The van der Waals surface area contributed by atoms with E-state index in [0.29, 0.717) is 10.0 Å². The highest BCUT2D eigenvalue weighted by Gasteiger charge is 2.20. The van der Waals surface area contributed by atoms with Crippen LogP contribution < -0.4 is 5.73 Å². The van der Waals surface area contributed by atoms with Crippen molar-refractivity contribution in [2.45, 2.75) is 12.3 Å². The van der Waals surface area contributed by atoms with E-state index in [1.807, 2.05) is 48.7 Å². The molecule has 3 rings (SSSR count). The summed E-state index contributed by atoms with van der Waals surface area (Å²) in [5.74, 6) is -0.488. The first-order valence-corrected chi connectivity index (χ1v) is 7.60. The Balaban J connectivity index is 2.13. The molecule has 1 aromatic heterocycles. The molecule has 112 valence electrons. The summed E-state index contributed by atoms with van der Waals surface area (Å²) in [6.07, 6.45) is 2.13. The van der Waals surface area contributed by atoms with Crippen LogP contribution in [0.25, 0.3) is 10.9 Å². The van der Waals surface area contributed by atoms with Gasteiger partial charge in [-0.2, -0.15) is 0 Å². The van der Waals surface area contributed by atoms with E-state index in [1.54, 1.807) is 0 Å². The van der Waals surface area contributed by atoms with Crippen molar-refractivity contribution in [1.29, 1.82) is 0 Å². The molecule has 3 N–H and O–H groups in total. The maximum atomic E-state index is 11.5. The molecular weight excluding hydrogens is 319 g/mol. The first-order chi connectivity index (χ1) is 10.5. The van der Waals surface area contributed by atoms with E-state index in [-0.39, 0.29) is 18.2 Å². The minimum Gasteiger partial charge on any atom is -0.370 e. The number of amides is 1. The van der Waals surface area contributed by atoms with Gasteiger partial charge in [-0.15, -0.1) is 0 Å². The number of nitrogens with two attached hydrogens (primary N) is 1. The molecule has 0 aliphatic carbocycles. The number of rotatable bonds is 4. The number of nitrogens with one attached hydrogen (secondary N) is 1. The summed E-state index contributed by atoms with van der Waals surface area (Å²) in [4.78, 5) is 14.7. The number of aromatic nitrogens is 1. The highest BCUT2D eigenvalue weighted by molar-refractivity contribution is 6.31. The van der Waals surface area contributed by atoms with Crippen LogP contribution in [-0.2, 0) is 4.79 Å². The number of hydrogen-bond donors (Lipinski definition) is 2. The van der Waals surface area contributed by atoms with Crippen LogP contribution >= 0.6 is 23.2 Å². The minimum absolute atomic E-state index is 0.137. The normalized spacial score (nSPS) is 12.5. The van der Waals surface area contributed by atoms with Gasteiger partial charge in [0.1, 0.15) is 0 Å². The van der Waals surface area contributed by atoms with Gasteiger partial charge < -0.3 is 10.7 Å². The standard InChI is InChI=1S/C17H14Cl2N2O/c18-11-3-1-10(2-4-11)13(8-17(20)22)15-9-21-16-6-5-12(19)7-14(15)16/h1-7,9,13,21H,8H2,(H2,20,22)/t13-/m1/s1. The summed E-state index contributed by atoms with van der Waals surface area (Å²) in [7, 11) is 0. The van der Waals surface area contributed by atoms with Gasteiger partial charge in [0, 0.05) is 39.5 Å². The van der Waals surface area contributed by atoms with E-state index in [0.717, 1.165) is 22.0 Å². The van der Waals surface area contributed by atoms with Gasteiger partial charge in [0.2, 0.25) is 5.91 Å². The van der Waals surface area contributed by atoms with Crippen LogP contribution in [0.4, 0.5) is 0 Å². The predicted molar refractivity (Wildman–Crippen MR) is 90.4 cm³/mol. The van der Waals surface area contributed by atoms with E-state index >= 15 is 0 Å². The maximum Gasteiger partial charge on any atom is 0.218 e. The summed E-state index contributed by atoms with van der Waals surface area (Å²) in [5, 5.41) is 2.31. The van der Waals surface area contributed by atoms with Crippen molar-refractivity contribution in [1.82, 2.24) is 4.98 Å². The molecule has 1 heterocycles. The molecule has 0 saturated heterocycles. The number of aromatic amines is 1. The lowest BCUT2D eigenvalue weighted by Crippen LogP contribution is -2.16. The lowest BCUT2D eigenvalue weighted by atomic mass is 9.88. The van der Waals surface area contributed by atoms with E-state index in [9.17, 15) is 4.79 Å². The quantitative estimate of drug-likeness (QED) is 0.726. The Bertz CT molecular complexity index is 824. The van der Waals surface area contributed by atoms with Gasteiger partial charge >= 0.3 is 0 Å². The lowest BCUT2D eigenvalue weighted by Gasteiger charge is -2.15. The molecule has 0 bridgehead atoms. The number of halogens is 2. The topological polar surface area (TPSA) is 58.9 Å². The molecule has 3 aromatic rings. The van der Waals surface area contributed by atoms with Crippen LogP contribution in [0.2, 0.25) is 10.0 Å². The number of carbonyl (C=O) groups excluding carboxylic acids is 1. The summed E-state index contributed by atoms with van der Waals surface area (Å²) in [6, 6.07) is 13.1. The zero-order valence-electron chi connectivity index (χ0n) is 11.6. The molecule has 0 fully saturated rings. The third-order valence-electron chi connectivity index (χ3n) is 3.73. The van der Waals surface area contributed by atoms with Gasteiger partial charge in [-0.1, -0.05) is 35.3 Å². The zero-order chi connectivity index (χ0) is 15.7. The van der Waals surface area contributed by atoms with E-state index in [2.05, 4.69) is 4.98 Å². The Hall–Kier alpha value is -1.97. The Morgan fingerprint density at radius 2 is 1.77 bits per heavy atom. The first-order valence-electron chi connectivity index (χ1n) is 6.85. The molecule has 2 aromatic carbocycles. The number of benzene rings is 2. The van der Waals surface area contributed by atoms with Crippen LogP contribution in [-0.4, -0.2) is 10.9 Å². The number of primary amides is 1. The van der Waals surface area contributed by atoms with Crippen molar-refractivity contribution in [3.05, 3.63) is 69.8 Å². The van der Waals surface area contributed by atoms with Crippen LogP contribution in [0.3, 0.4) is 0 Å². The number of carbonyl (C=O) groups is 1. The molecule has 0 unspecified atom stereocenters. The van der Waals surface area contributed by atoms with Gasteiger partial charge in [0.15, 0.2) is 0 Å². The van der Waals surface area contributed by atoms with Crippen LogP contribution in [0.1, 0.15) is 23.5 Å². The molecule has 3 nitrogen and oxygen atoms in total. The van der Waals surface area contributed by atoms with Crippen molar-refractivity contribution < 1.29 is 4.79 Å². The van der Waals surface area contributed by atoms with Crippen LogP contribution in [0.5, 0.6) is 0 Å². The largest absolute Gasteiger partial charge is 0.370 e. The number of H-pyrrole nitrogens is 1. The molecule has 0 spiro atoms. The SMILES string of the molecule is NC(=O)C[C@H](c1ccc(Cl)cc1)c1c[nH]c2ccc(Cl)cc12. The predicted octanol–water partition coefficient (Wildman–Crippen LogP) is 4.48. The second-order valence-electron chi connectivity index (χ2n) is 5.21. The van der Waals surface area contributed by atoms with E-state index in [4.69, 9.17) is 28.9 Å². The third-order valence-corrected chi connectivity index (χ3v) is 4.22. The highest BCUT2D eigenvalue weighted by Crippen LogP contribution is 2.34. The molecule has 5 heteroatoms. The molecule has 0 radical (unpaired) electrons. The molecular formula is C17H14Cl2N2O. The zero-order valence-corrected chi connectivity index (χ0v) is 13.2. The van der Waals surface area contributed by atoms with Crippen molar-refractivity contribution in [2.24, 2.45) is 5.73 Å². The monoisotopic (exact) mass is 332 g/mol. The smallest absolute Gasteiger partial charge is 0.218 e. The lowest BCUT2D eigenvalue weighted by molar-refractivity contribution is -0.118. The first kappa shape index (κ1) is 14.9. The Morgan fingerprint density at radius 1 is 1.09 bits per heavy atom. The van der Waals surface area contributed by atoms with Gasteiger partial charge in [-0.05, 0) is 41.5 Å². The van der Waals surface area contributed by atoms with Crippen LogP contribution in [0, 0.1) is 0 Å². The van der Waals surface area contributed by atoms with Gasteiger partial charge in [-0.25, -0.2) is 0 Å². The van der Waals surface area contributed by atoms with Crippen LogP contribution in [0.15, 0.2) is 48.7 Å². The second kappa shape index (κ2) is 6.03. The molecule has 0 saturated carbocycles. The minimum atomic E-state index is -0.351. The molecule has 0 aliphatic rings.